The first-order valence-electron chi connectivity index (χ1n) is 18.5. The van der Waals surface area contributed by atoms with E-state index in [9.17, 15) is 4.79 Å². The van der Waals surface area contributed by atoms with E-state index >= 15 is 8.42 Å². The van der Waals surface area contributed by atoms with Crippen LogP contribution in [-0.2, 0) is 26.8 Å². The Morgan fingerprint density at radius 3 is 2.29 bits per heavy atom. The number of carbonyl (C=O) groups excluding carboxylic acids is 1. The first-order valence-corrected chi connectivity index (χ1v) is 21.2. The van der Waals surface area contributed by atoms with E-state index in [0.717, 1.165) is 64.6 Å². The number of piperidine rings is 2. The Morgan fingerprint density at radius 1 is 0.923 bits per heavy atom. The van der Waals surface area contributed by atoms with Crippen molar-refractivity contribution in [2.45, 2.75) is 73.2 Å². The van der Waals surface area contributed by atoms with Gasteiger partial charge in [0, 0.05) is 47.4 Å². The molecule has 4 aliphatic rings. The van der Waals surface area contributed by atoms with Crippen LogP contribution in [0.1, 0.15) is 50.2 Å². The fourth-order valence-corrected chi connectivity index (χ4v) is 11.9. The van der Waals surface area contributed by atoms with E-state index in [2.05, 4.69) is 47.7 Å². The van der Waals surface area contributed by atoms with Crippen molar-refractivity contribution in [2.75, 3.05) is 31.3 Å². The molecule has 4 aliphatic heterocycles. The molecule has 3 fully saturated rings. The summed E-state index contributed by atoms with van der Waals surface area (Å²) in [5.74, 6) is 0.527. The quantitative estimate of drug-likeness (QED) is 0.188. The number of amides is 1. The molecule has 3 saturated heterocycles. The zero-order valence-electron chi connectivity index (χ0n) is 30.0. The lowest BCUT2D eigenvalue weighted by atomic mass is 9.70. The van der Waals surface area contributed by atoms with Crippen LogP contribution in [0.15, 0.2) is 96.0 Å². The van der Waals surface area contributed by atoms with E-state index in [0.29, 0.717) is 30.1 Å². The molecule has 3 aromatic carbocycles. The summed E-state index contributed by atoms with van der Waals surface area (Å²) in [6.07, 6.45) is 8.70. The van der Waals surface area contributed by atoms with Gasteiger partial charge in [-0.15, -0.1) is 0 Å². The van der Waals surface area contributed by atoms with Crippen LogP contribution in [0.25, 0.3) is 33.4 Å². The van der Waals surface area contributed by atoms with Gasteiger partial charge in [0.25, 0.3) is 10.0 Å². The zero-order valence-corrected chi connectivity index (χ0v) is 31.6. The van der Waals surface area contributed by atoms with Crippen molar-refractivity contribution in [3.8, 4) is 22.4 Å². The second kappa shape index (κ2) is 12.9. The largest absolute Gasteiger partial charge is 0.313 e. The van der Waals surface area contributed by atoms with Crippen molar-refractivity contribution >= 4 is 44.4 Å². The van der Waals surface area contributed by atoms with E-state index in [1.165, 1.54) is 22.4 Å². The molecule has 0 radical (unpaired) electrons. The highest BCUT2D eigenvalue weighted by Crippen LogP contribution is 2.57. The van der Waals surface area contributed by atoms with Crippen LogP contribution in [0.2, 0.25) is 0 Å². The minimum atomic E-state index is -4.14. The molecule has 4 atom stereocenters. The first-order chi connectivity index (χ1) is 25.2. The van der Waals surface area contributed by atoms with Crippen LogP contribution in [0.4, 0.5) is 5.69 Å². The Balaban J connectivity index is 1.31. The lowest BCUT2D eigenvalue weighted by molar-refractivity contribution is -0.124. The number of rotatable bonds is 7. The molecular formula is C42H45N5O3S2. The molecule has 1 N–H and O–H groups in total. The van der Waals surface area contributed by atoms with E-state index < -0.39 is 15.4 Å². The summed E-state index contributed by atoms with van der Waals surface area (Å²) in [5.41, 5.74) is 5.52. The smallest absolute Gasteiger partial charge is 0.269 e. The standard InChI is InChI=1S/C42H45N5O3S2/c1-27-22-31-23-42(24-34(27)44-31)38-35(45(2)41(42)48)25-43-40-37(38)36(29-10-6-4-7-11-29)39(47(40)52(49,50)33-12-8-5-9-13-33)30-16-14-28(15-17-30)26-46-20-18-32(51-3)19-21-46/h4-17,25,27,31-32,34,44H,18-24,26H2,1-3H3. The number of benzene rings is 3. The Kier molecular flexibility index (Phi) is 8.37. The number of aromatic nitrogens is 2. The van der Waals surface area contributed by atoms with Gasteiger partial charge in [-0.1, -0.05) is 79.7 Å². The topological polar surface area (TPSA) is 87.5 Å². The molecule has 4 unspecified atom stereocenters. The molecule has 2 aromatic heterocycles. The van der Waals surface area contributed by atoms with Gasteiger partial charge in [0.15, 0.2) is 5.65 Å². The lowest BCUT2D eigenvalue weighted by Crippen LogP contribution is -2.52. The number of carbonyl (C=O) groups is 1. The molecule has 0 aliphatic carbocycles. The number of likely N-dealkylation sites (tertiary alicyclic amines) is 1. The van der Waals surface area contributed by atoms with Gasteiger partial charge in [0.1, 0.15) is 0 Å². The third-order valence-electron chi connectivity index (χ3n) is 12.3. The lowest BCUT2D eigenvalue weighted by Gasteiger charge is -2.38. The number of thioether (sulfide) groups is 1. The highest BCUT2D eigenvalue weighted by atomic mass is 32.2. The van der Waals surface area contributed by atoms with Gasteiger partial charge in [0.05, 0.1) is 27.9 Å². The number of nitrogens with zero attached hydrogens (tertiary/aromatic N) is 4. The number of anilines is 1. The zero-order chi connectivity index (χ0) is 35.8. The number of nitrogens with one attached hydrogen (secondary N) is 1. The van der Waals surface area contributed by atoms with Crippen molar-refractivity contribution < 1.29 is 13.2 Å². The van der Waals surface area contributed by atoms with Gasteiger partial charge in [-0.3, -0.25) is 9.69 Å². The fraction of sp³-hybridized carbons (Fsp3) is 0.381. The van der Waals surface area contributed by atoms with Gasteiger partial charge < -0.3 is 10.2 Å². The van der Waals surface area contributed by atoms with Crippen LogP contribution < -0.4 is 10.2 Å². The molecule has 52 heavy (non-hydrogen) atoms. The average molecular weight is 732 g/mol. The van der Waals surface area contributed by atoms with E-state index in [-0.39, 0.29) is 22.9 Å². The Hall–Kier alpha value is -3.96. The Bertz CT molecular complexity index is 2270. The monoisotopic (exact) mass is 731 g/mol. The Morgan fingerprint density at radius 2 is 1.62 bits per heavy atom. The maximum atomic E-state index is 15.0. The predicted molar refractivity (Wildman–Crippen MR) is 210 cm³/mol. The summed E-state index contributed by atoms with van der Waals surface area (Å²) in [4.78, 5) is 24.1. The van der Waals surface area contributed by atoms with Crippen molar-refractivity contribution in [2.24, 2.45) is 5.92 Å². The van der Waals surface area contributed by atoms with Crippen LogP contribution in [-0.4, -0.2) is 71.9 Å². The number of hydrogen-bond donors (Lipinski definition) is 1. The molecule has 8 nitrogen and oxygen atoms in total. The number of hydrogen-bond acceptors (Lipinski definition) is 7. The maximum absolute atomic E-state index is 15.0. The third kappa shape index (κ3) is 5.28. The normalized spacial score (nSPS) is 25.0. The molecular weight excluding hydrogens is 687 g/mol. The number of fused-ring (bicyclic) bond motifs is 6. The SMILES string of the molecule is CSC1CCN(Cc2ccc(-c3c(-c4ccccc4)c4c5c(cnc4n3S(=O)(=O)c3ccccc3)N(C)C(=O)C53CC4CC(C)C(C3)N4)cc2)CC1. The van der Waals surface area contributed by atoms with Crippen LogP contribution >= 0.6 is 11.8 Å². The van der Waals surface area contributed by atoms with Gasteiger partial charge in [-0.2, -0.15) is 11.8 Å². The third-order valence-corrected chi connectivity index (χ3v) is 15.1. The van der Waals surface area contributed by atoms with E-state index in [4.69, 9.17) is 4.98 Å². The van der Waals surface area contributed by atoms with Gasteiger partial charge in [-0.05, 0) is 86.2 Å². The summed E-state index contributed by atoms with van der Waals surface area (Å²) in [5, 5.41) is 5.28. The molecule has 6 heterocycles. The molecule has 268 valence electrons. The molecule has 1 amide bonds. The van der Waals surface area contributed by atoms with Gasteiger partial charge in [0.2, 0.25) is 5.91 Å². The second-order valence-corrected chi connectivity index (χ2v) is 18.3. The minimum absolute atomic E-state index is 0.0764. The van der Waals surface area contributed by atoms with Crippen molar-refractivity contribution in [1.29, 1.82) is 0 Å². The Labute approximate surface area is 310 Å². The van der Waals surface area contributed by atoms with Gasteiger partial charge >= 0.3 is 0 Å². The van der Waals surface area contributed by atoms with Crippen molar-refractivity contribution in [3.05, 3.63) is 102 Å². The molecule has 1 spiro atoms. The van der Waals surface area contributed by atoms with Crippen molar-refractivity contribution in [3.63, 3.8) is 0 Å². The molecule has 10 heteroatoms. The summed E-state index contributed by atoms with van der Waals surface area (Å²) >= 11 is 1.97. The van der Waals surface area contributed by atoms with Crippen LogP contribution in [0, 0.1) is 5.92 Å². The highest BCUT2D eigenvalue weighted by Gasteiger charge is 2.58. The predicted octanol–water partition coefficient (Wildman–Crippen LogP) is 7.31. The van der Waals surface area contributed by atoms with Gasteiger partial charge in [-0.25, -0.2) is 17.4 Å². The van der Waals surface area contributed by atoms with Crippen LogP contribution in [0.5, 0.6) is 0 Å². The summed E-state index contributed by atoms with van der Waals surface area (Å²) < 4.78 is 31.6. The number of likely N-dealkylation sites (N-methyl/N-ethyl adjacent to an activating group) is 1. The molecule has 5 aromatic rings. The summed E-state index contributed by atoms with van der Waals surface area (Å²) in [6.45, 7) is 5.29. The minimum Gasteiger partial charge on any atom is -0.313 e. The number of pyridine rings is 1. The van der Waals surface area contributed by atoms with E-state index in [1.54, 1.807) is 35.4 Å². The second-order valence-electron chi connectivity index (χ2n) is 15.3. The molecule has 0 saturated carbocycles. The molecule has 2 bridgehead atoms. The summed E-state index contributed by atoms with van der Waals surface area (Å²) in [7, 11) is -2.30. The van der Waals surface area contributed by atoms with Crippen molar-refractivity contribution in [1.82, 2.24) is 19.2 Å². The average Bonchev–Trinajstić information content (AvgIpc) is 3.73. The highest BCUT2D eigenvalue weighted by molar-refractivity contribution is 7.99. The van der Waals surface area contributed by atoms with E-state index in [1.807, 2.05) is 55.2 Å². The molecule has 9 rings (SSSR count). The maximum Gasteiger partial charge on any atom is 0.269 e. The first kappa shape index (κ1) is 33.8. The summed E-state index contributed by atoms with van der Waals surface area (Å²) in [6, 6.07) is 27.5. The van der Waals surface area contributed by atoms with Crippen LogP contribution in [0.3, 0.4) is 0 Å². The fourth-order valence-electron chi connectivity index (χ4n) is 9.70.